The number of hydrogen-bond acceptors (Lipinski definition) is 4. The molecule has 2 aliphatic rings. The lowest BCUT2D eigenvalue weighted by atomic mass is 10.1. The third-order valence-electron chi connectivity index (χ3n) is 2.97. The molecule has 1 amide bonds. The van der Waals surface area contributed by atoms with Crippen LogP contribution in [0.15, 0.2) is 39.5 Å². The molecule has 0 saturated carbocycles. The average Bonchev–Trinajstić information content (AvgIpc) is 2.35. The second-order valence-corrected chi connectivity index (χ2v) is 4.66. The number of aryl methyl sites for hydroxylation is 1. The molecule has 0 unspecified atom stereocenters. The van der Waals surface area contributed by atoms with Crippen LogP contribution in [0.25, 0.3) is 22.6 Å². The number of hydrogen-bond donors (Lipinski definition) is 1. The van der Waals surface area contributed by atoms with Gasteiger partial charge in [0.1, 0.15) is 11.2 Å². The average molecular weight is 268 g/mol. The summed E-state index contributed by atoms with van der Waals surface area (Å²) in [6, 6.07) is 8.17. The number of anilines is 1. The monoisotopic (exact) mass is 268 g/mol. The Kier molecular flexibility index (Phi) is 2.75. The van der Waals surface area contributed by atoms with Crippen molar-refractivity contribution in [2.45, 2.75) is 13.8 Å². The van der Waals surface area contributed by atoms with Crippen molar-refractivity contribution in [1.29, 1.82) is 0 Å². The largest absolute Gasteiger partial charge is 0.453 e. The summed E-state index contributed by atoms with van der Waals surface area (Å²) >= 11 is 0. The van der Waals surface area contributed by atoms with E-state index >= 15 is 0 Å². The van der Waals surface area contributed by atoms with E-state index in [-0.39, 0.29) is 11.3 Å². The van der Waals surface area contributed by atoms with Crippen LogP contribution in [0.4, 0.5) is 5.69 Å². The summed E-state index contributed by atoms with van der Waals surface area (Å²) < 4.78 is 5.72. The van der Waals surface area contributed by atoms with Crippen LogP contribution in [0.3, 0.4) is 0 Å². The summed E-state index contributed by atoms with van der Waals surface area (Å²) in [6.45, 7) is 3.26. The van der Waals surface area contributed by atoms with Crippen LogP contribution in [-0.2, 0) is 4.79 Å². The first-order chi connectivity index (χ1) is 9.52. The Labute approximate surface area is 114 Å². The van der Waals surface area contributed by atoms with E-state index in [1.807, 2.05) is 6.92 Å². The van der Waals surface area contributed by atoms with E-state index in [0.29, 0.717) is 28.2 Å². The van der Waals surface area contributed by atoms with Gasteiger partial charge in [-0.1, -0.05) is 0 Å². The maximum absolute atomic E-state index is 11.5. The zero-order chi connectivity index (χ0) is 14.3. The second kappa shape index (κ2) is 4.45. The Morgan fingerprint density at radius 1 is 1.25 bits per heavy atom. The highest BCUT2D eigenvalue weighted by atomic mass is 16.3. The zero-order valence-corrected chi connectivity index (χ0v) is 11.1. The van der Waals surface area contributed by atoms with Crippen molar-refractivity contribution in [3.05, 3.63) is 46.1 Å². The van der Waals surface area contributed by atoms with Crippen LogP contribution in [0.1, 0.15) is 12.5 Å². The topological polar surface area (TPSA) is 72.2 Å². The number of nitrogens with one attached hydrogen (secondary N) is 1. The van der Waals surface area contributed by atoms with E-state index in [0.717, 1.165) is 5.56 Å². The highest BCUT2D eigenvalue weighted by Gasteiger charge is 2.13. The summed E-state index contributed by atoms with van der Waals surface area (Å²) in [4.78, 5) is 27.1. The number of aromatic nitrogens is 1. The SMILES string of the molecule is CC(=O)Nc1ccc2nc3c(C)cc(=O)cc-3oc2c1. The van der Waals surface area contributed by atoms with E-state index in [9.17, 15) is 9.59 Å². The Balaban J connectivity index is 2.26. The second-order valence-electron chi connectivity index (χ2n) is 4.66. The van der Waals surface area contributed by atoms with Crippen molar-refractivity contribution < 1.29 is 9.21 Å². The van der Waals surface area contributed by atoms with E-state index in [2.05, 4.69) is 10.3 Å². The normalized spacial score (nSPS) is 10.9. The fourth-order valence-corrected chi connectivity index (χ4v) is 2.14. The number of rotatable bonds is 1. The van der Waals surface area contributed by atoms with Crippen LogP contribution in [0.2, 0.25) is 0 Å². The van der Waals surface area contributed by atoms with Crippen molar-refractivity contribution >= 4 is 22.7 Å². The first-order valence-corrected chi connectivity index (χ1v) is 6.16. The number of amides is 1. The highest BCUT2D eigenvalue weighted by molar-refractivity contribution is 5.91. The molecule has 20 heavy (non-hydrogen) atoms. The molecule has 3 rings (SSSR count). The Morgan fingerprint density at radius 2 is 2.05 bits per heavy atom. The van der Waals surface area contributed by atoms with Crippen LogP contribution < -0.4 is 10.7 Å². The van der Waals surface area contributed by atoms with Gasteiger partial charge in [-0.2, -0.15) is 0 Å². The maximum Gasteiger partial charge on any atom is 0.221 e. The fourth-order valence-electron chi connectivity index (χ4n) is 2.14. The van der Waals surface area contributed by atoms with E-state index < -0.39 is 0 Å². The molecule has 0 saturated heterocycles. The summed E-state index contributed by atoms with van der Waals surface area (Å²) in [6.07, 6.45) is 0. The lowest BCUT2D eigenvalue weighted by Gasteiger charge is -2.09. The standard InChI is InChI=1S/C15H12N2O3/c1-8-5-11(19)7-14-15(8)17-12-4-3-10(16-9(2)18)6-13(12)20-14/h3-7H,1-2H3,(H,16,18). The van der Waals surface area contributed by atoms with Gasteiger partial charge in [-0.25, -0.2) is 4.98 Å². The van der Waals surface area contributed by atoms with Crippen LogP contribution in [0.5, 0.6) is 0 Å². The Morgan fingerprint density at radius 3 is 2.80 bits per heavy atom. The predicted molar refractivity (Wildman–Crippen MR) is 75.9 cm³/mol. The third-order valence-corrected chi connectivity index (χ3v) is 2.97. The fraction of sp³-hybridized carbons (Fsp3) is 0.133. The number of nitrogens with zero attached hydrogens (tertiary/aromatic N) is 1. The number of carbonyl (C=O) groups excluding carboxylic acids is 1. The molecule has 0 spiro atoms. The molecule has 1 aromatic rings. The first-order valence-electron chi connectivity index (χ1n) is 6.16. The number of carbonyl (C=O) groups is 1. The number of benzene rings is 2. The lowest BCUT2D eigenvalue weighted by molar-refractivity contribution is -0.114. The summed E-state index contributed by atoms with van der Waals surface area (Å²) in [7, 11) is 0. The van der Waals surface area contributed by atoms with Crippen molar-refractivity contribution in [1.82, 2.24) is 4.98 Å². The van der Waals surface area contributed by atoms with Crippen molar-refractivity contribution in [2.75, 3.05) is 5.32 Å². The van der Waals surface area contributed by atoms with Gasteiger partial charge in [-0.3, -0.25) is 9.59 Å². The van der Waals surface area contributed by atoms with E-state index in [1.165, 1.54) is 19.1 Å². The Hall–Kier alpha value is -2.69. The molecule has 5 heteroatoms. The van der Waals surface area contributed by atoms with Gasteiger partial charge in [0.05, 0.1) is 0 Å². The first kappa shape index (κ1) is 12.3. The lowest BCUT2D eigenvalue weighted by Crippen LogP contribution is -2.06. The third kappa shape index (κ3) is 2.14. The molecule has 0 aromatic heterocycles. The van der Waals surface area contributed by atoms with Crippen LogP contribution in [-0.4, -0.2) is 10.9 Å². The van der Waals surface area contributed by atoms with Gasteiger partial charge in [0.25, 0.3) is 0 Å². The van der Waals surface area contributed by atoms with Crippen molar-refractivity contribution in [3.63, 3.8) is 0 Å². The Bertz CT molecular complexity index is 852. The van der Waals surface area contributed by atoms with Gasteiger partial charge >= 0.3 is 0 Å². The summed E-state index contributed by atoms with van der Waals surface area (Å²) in [5, 5.41) is 2.68. The molecule has 0 atom stereocenters. The maximum atomic E-state index is 11.5. The number of fused-ring (bicyclic) bond motifs is 2. The molecule has 100 valence electrons. The predicted octanol–water partition coefficient (Wildman–Crippen LogP) is 2.56. The minimum Gasteiger partial charge on any atom is -0.453 e. The van der Waals surface area contributed by atoms with E-state index in [1.54, 1.807) is 18.2 Å². The molecule has 1 aliphatic carbocycles. The smallest absolute Gasteiger partial charge is 0.221 e. The highest BCUT2D eigenvalue weighted by Crippen LogP contribution is 2.27. The van der Waals surface area contributed by atoms with Gasteiger partial charge in [0, 0.05) is 24.7 Å². The minimum atomic E-state index is -0.157. The molecular weight excluding hydrogens is 256 g/mol. The zero-order valence-electron chi connectivity index (χ0n) is 11.1. The molecular formula is C15H12N2O3. The van der Waals surface area contributed by atoms with Gasteiger partial charge in [0.15, 0.2) is 16.8 Å². The van der Waals surface area contributed by atoms with Gasteiger partial charge in [0.2, 0.25) is 5.91 Å². The van der Waals surface area contributed by atoms with Gasteiger partial charge < -0.3 is 9.73 Å². The van der Waals surface area contributed by atoms with Crippen LogP contribution >= 0.6 is 0 Å². The molecule has 1 aliphatic heterocycles. The van der Waals surface area contributed by atoms with Crippen molar-refractivity contribution in [2.24, 2.45) is 0 Å². The molecule has 1 heterocycles. The quantitative estimate of drug-likeness (QED) is 0.688. The van der Waals surface area contributed by atoms with Gasteiger partial charge in [-0.05, 0) is 30.7 Å². The van der Waals surface area contributed by atoms with Crippen LogP contribution in [0, 0.1) is 6.92 Å². The molecule has 5 nitrogen and oxygen atoms in total. The van der Waals surface area contributed by atoms with E-state index in [4.69, 9.17) is 4.42 Å². The molecule has 1 aromatic carbocycles. The van der Waals surface area contributed by atoms with Gasteiger partial charge in [-0.15, -0.1) is 0 Å². The summed E-state index contributed by atoms with van der Waals surface area (Å²) in [5.74, 6) is 0.290. The summed E-state index contributed by atoms with van der Waals surface area (Å²) in [5.41, 5.74) is 3.17. The molecule has 0 bridgehead atoms. The molecule has 1 N–H and O–H groups in total. The molecule has 0 fully saturated rings. The molecule has 0 radical (unpaired) electrons. The van der Waals surface area contributed by atoms with Crippen molar-refractivity contribution in [3.8, 4) is 11.5 Å². The minimum absolute atomic E-state index is 0.113.